The minimum Gasteiger partial charge on any atom is -0.352 e. The number of hydrogen-bond acceptors (Lipinski definition) is 4. The van der Waals surface area contributed by atoms with Crippen LogP contribution in [-0.2, 0) is 30.9 Å². The average Bonchev–Trinajstić information content (AvgIpc) is 3.43. The second-order valence-electron chi connectivity index (χ2n) is 20.1. The van der Waals surface area contributed by atoms with E-state index in [2.05, 4.69) is 216 Å². The van der Waals surface area contributed by atoms with Gasteiger partial charge in [0, 0.05) is 18.6 Å². The summed E-state index contributed by atoms with van der Waals surface area (Å²) in [6.45, 7) is 13.8. The largest absolute Gasteiger partial charge is 3.00 e. The van der Waals surface area contributed by atoms with Crippen LogP contribution in [0.1, 0.15) is 78.4 Å². The second-order valence-corrected chi connectivity index (χ2v) is 20.1. The van der Waals surface area contributed by atoms with Gasteiger partial charge in [-0.15, -0.1) is 77.4 Å². The maximum absolute atomic E-state index is 5.00. The molecule has 6 aromatic carbocycles. The Hall–Kier alpha value is -7.43. The monoisotopic (exact) mass is 1120 g/mol. The van der Waals surface area contributed by atoms with Gasteiger partial charge in [-0.1, -0.05) is 180 Å². The molecule has 360 valence electrons. The van der Waals surface area contributed by atoms with Crippen LogP contribution in [0, 0.1) is 18.2 Å². The summed E-state index contributed by atoms with van der Waals surface area (Å²) in [4.78, 5) is 19.1. The molecule has 0 aliphatic heterocycles. The van der Waals surface area contributed by atoms with Gasteiger partial charge in [0.2, 0.25) is 0 Å². The summed E-state index contributed by atoms with van der Waals surface area (Å²) in [7, 11) is 0. The molecule has 10 aromatic rings. The first-order chi connectivity index (χ1) is 35.1. The molecule has 0 aliphatic rings. The van der Waals surface area contributed by atoms with Crippen molar-refractivity contribution in [2.75, 3.05) is 0 Å². The normalized spacial score (nSPS) is 11.5. The summed E-state index contributed by atoms with van der Waals surface area (Å²) in [6, 6.07) is 73.3. The number of benzene rings is 6. The van der Waals surface area contributed by atoms with Crippen LogP contribution in [0.4, 0.5) is 0 Å². The average molecular weight is 1120 g/mol. The zero-order valence-corrected chi connectivity index (χ0v) is 44.9. The molecule has 0 saturated heterocycles. The molecule has 0 bridgehead atoms. The fourth-order valence-corrected chi connectivity index (χ4v) is 10.2. The van der Waals surface area contributed by atoms with E-state index in [0.717, 1.165) is 126 Å². The summed E-state index contributed by atoms with van der Waals surface area (Å²) in [5, 5.41) is 0. The standard InChI is InChI=1S/C68H59N4.Ir/c1-7-36-67(3,4)55-34-39-70-65(44-55)49-28-24-47(25-29-49)57-17-9-11-19-59(57)52-41-53(43-54(42-52)61-21-13-14-22-62(61)64-33-32-51(46-72-64)63-23-15-16-38-69-63)60-20-12-10-18-58(60)48-26-30-50(31-27-48)66-45-56(35-40-71-66)68(5,6)37-8-2;/h9-28,30,33-35,38-46H,7-8,36-37H2,1-6H3;/q-3;+3. The Kier molecular flexibility index (Phi) is 15.3. The summed E-state index contributed by atoms with van der Waals surface area (Å²) in [5.41, 5.74) is 21.1. The van der Waals surface area contributed by atoms with Gasteiger partial charge < -0.3 is 19.9 Å². The van der Waals surface area contributed by atoms with Crippen molar-refractivity contribution in [1.29, 1.82) is 0 Å². The van der Waals surface area contributed by atoms with Crippen molar-refractivity contribution >= 4 is 0 Å². The minimum atomic E-state index is 0. The summed E-state index contributed by atoms with van der Waals surface area (Å²) < 4.78 is 0. The molecule has 0 spiro atoms. The van der Waals surface area contributed by atoms with Crippen molar-refractivity contribution in [2.45, 2.75) is 78.1 Å². The first-order valence-electron chi connectivity index (χ1n) is 25.3. The number of rotatable bonds is 15. The van der Waals surface area contributed by atoms with Crippen molar-refractivity contribution in [3.63, 3.8) is 0 Å². The Morgan fingerprint density at radius 1 is 0.356 bits per heavy atom. The van der Waals surface area contributed by atoms with E-state index in [-0.39, 0.29) is 30.9 Å². The fourth-order valence-electron chi connectivity index (χ4n) is 10.2. The maximum Gasteiger partial charge on any atom is 3.00 e. The molecule has 0 atom stereocenters. The van der Waals surface area contributed by atoms with Crippen LogP contribution in [0.2, 0.25) is 0 Å². The number of aromatic nitrogens is 4. The third kappa shape index (κ3) is 11.0. The van der Waals surface area contributed by atoms with E-state index >= 15 is 0 Å². The zero-order valence-electron chi connectivity index (χ0n) is 42.5. The predicted molar refractivity (Wildman–Crippen MR) is 299 cm³/mol. The van der Waals surface area contributed by atoms with Gasteiger partial charge in [0.25, 0.3) is 0 Å². The third-order valence-corrected chi connectivity index (χ3v) is 14.2. The van der Waals surface area contributed by atoms with Crippen LogP contribution in [0.25, 0.3) is 101 Å². The third-order valence-electron chi connectivity index (χ3n) is 14.2. The van der Waals surface area contributed by atoms with E-state index in [1.165, 1.54) is 11.1 Å². The maximum atomic E-state index is 5.00. The number of pyridine rings is 4. The summed E-state index contributed by atoms with van der Waals surface area (Å²) in [5.74, 6) is 0. The van der Waals surface area contributed by atoms with Gasteiger partial charge in [0.05, 0.1) is 0 Å². The number of nitrogens with zero attached hydrogens (tertiary/aromatic N) is 4. The molecule has 0 N–H and O–H groups in total. The van der Waals surface area contributed by atoms with Gasteiger partial charge in [-0.05, 0) is 133 Å². The van der Waals surface area contributed by atoms with E-state index in [1.807, 2.05) is 42.9 Å². The molecule has 0 unspecified atom stereocenters. The Morgan fingerprint density at radius 2 is 0.767 bits per heavy atom. The molecule has 10 rings (SSSR count). The summed E-state index contributed by atoms with van der Waals surface area (Å²) in [6.07, 6.45) is 12.0. The van der Waals surface area contributed by atoms with Crippen molar-refractivity contribution in [3.05, 3.63) is 230 Å². The first-order valence-corrected chi connectivity index (χ1v) is 25.3. The van der Waals surface area contributed by atoms with Gasteiger partial charge in [-0.25, -0.2) is 0 Å². The van der Waals surface area contributed by atoms with Gasteiger partial charge >= 0.3 is 20.1 Å². The van der Waals surface area contributed by atoms with Crippen molar-refractivity contribution in [3.8, 4) is 101 Å². The van der Waals surface area contributed by atoms with E-state index in [1.54, 1.807) is 6.20 Å². The molecule has 0 fully saturated rings. The molecular formula is C68H59IrN4. The Morgan fingerprint density at radius 3 is 1.16 bits per heavy atom. The van der Waals surface area contributed by atoms with Gasteiger partial charge in [-0.3, -0.25) is 0 Å². The Bertz CT molecular complexity index is 3300. The predicted octanol–water partition coefficient (Wildman–Crippen LogP) is 17.8. The van der Waals surface area contributed by atoms with Crippen molar-refractivity contribution in [1.82, 2.24) is 19.9 Å². The second kappa shape index (κ2) is 22.1. The SMILES string of the molecule is CCCC(C)(C)c1ccnc(-c2[c-]cc(-c3ccccc3-c3cc(-c4ccccc4-c4c[c-]c(-c5cc(C(C)(C)CCC)ccn5)cc4)cc(-c4ccccc4-c4c[c-]c(-c5ccccn5)cn4)c3)cc2)c1.[Ir+3]. The minimum absolute atomic E-state index is 0. The van der Waals surface area contributed by atoms with Crippen LogP contribution < -0.4 is 0 Å². The van der Waals surface area contributed by atoms with Crippen LogP contribution in [0.3, 0.4) is 0 Å². The fraction of sp³-hybridized carbons (Fsp3) is 0.176. The van der Waals surface area contributed by atoms with Crippen LogP contribution in [-0.4, -0.2) is 19.9 Å². The van der Waals surface area contributed by atoms with Crippen LogP contribution in [0.5, 0.6) is 0 Å². The quantitative estimate of drug-likeness (QED) is 0.0960. The van der Waals surface area contributed by atoms with E-state index in [9.17, 15) is 0 Å². The first kappa shape index (κ1) is 50.5. The van der Waals surface area contributed by atoms with Crippen molar-refractivity contribution < 1.29 is 20.1 Å². The van der Waals surface area contributed by atoms with Crippen LogP contribution in [0.15, 0.2) is 201 Å². The molecule has 73 heavy (non-hydrogen) atoms. The molecule has 4 heterocycles. The molecule has 0 aliphatic carbocycles. The molecule has 4 nitrogen and oxygen atoms in total. The Balaban J connectivity index is 0.00000656. The zero-order chi connectivity index (χ0) is 49.7. The topological polar surface area (TPSA) is 51.6 Å². The molecule has 0 amide bonds. The van der Waals surface area contributed by atoms with E-state index < -0.39 is 0 Å². The molecule has 4 aromatic heterocycles. The summed E-state index contributed by atoms with van der Waals surface area (Å²) >= 11 is 0. The van der Waals surface area contributed by atoms with Gasteiger partial charge in [0.15, 0.2) is 0 Å². The number of hydrogen-bond donors (Lipinski definition) is 0. The Labute approximate surface area is 446 Å². The van der Waals surface area contributed by atoms with Crippen LogP contribution >= 0.6 is 0 Å². The van der Waals surface area contributed by atoms with Gasteiger partial charge in [0.1, 0.15) is 0 Å². The van der Waals surface area contributed by atoms with E-state index in [4.69, 9.17) is 15.0 Å². The molecule has 5 heteroatoms. The molecule has 0 saturated carbocycles. The molecule has 0 radical (unpaired) electrons. The smallest absolute Gasteiger partial charge is 0.352 e. The van der Waals surface area contributed by atoms with E-state index in [0.29, 0.717) is 0 Å². The molecular weight excluding hydrogens is 1060 g/mol. The van der Waals surface area contributed by atoms with Gasteiger partial charge in [-0.2, -0.15) is 0 Å². The van der Waals surface area contributed by atoms with Crippen molar-refractivity contribution in [2.24, 2.45) is 0 Å².